The van der Waals surface area contributed by atoms with E-state index >= 15 is 0 Å². The monoisotopic (exact) mass is 594 g/mol. The number of thioether (sulfide) groups is 1. The van der Waals surface area contributed by atoms with Crippen LogP contribution in [0.15, 0.2) is 108 Å². The smallest absolute Gasteiger partial charge is 0.319 e. The number of non-ortho nitro benzene ring substituents is 1. The Labute approximate surface area is 253 Å². The summed E-state index contributed by atoms with van der Waals surface area (Å²) in [4.78, 5) is 24.2. The van der Waals surface area contributed by atoms with E-state index in [1.165, 1.54) is 23.9 Å². The minimum atomic E-state index is -0.586. The fraction of sp³-hybridized carbons (Fsp3) is 0.156. The van der Waals surface area contributed by atoms with Crippen LogP contribution in [0.5, 0.6) is 5.75 Å². The van der Waals surface area contributed by atoms with Crippen molar-refractivity contribution in [2.45, 2.75) is 30.3 Å². The normalized spacial score (nSPS) is 11.5. The molecule has 1 aromatic heterocycles. The van der Waals surface area contributed by atoms with Crippen molar-refractivity contribution in [2.75, 3.05) is 12.4 Å². The maximum absolute atomic E-state index is 13.3. The van der Waals surface area contributed by atoms with Gasteiger partial charge in [-0.25, -0.2) is 4.79 Å². The molecule has 5 aromatic rings. The number of amides is 2. The summed E-state index contributed by atoms with van der Waals surface area (Å²) in [5, 5.41) is 27.0. The lowest BCUT2D eigenvalue weighted by molar-refractivity contribution is -0.384. The zero-order valence-electron chi connectivity index (χ0n) is 23.6. The molecule has 0 fully saturated rings. The van der Waals surface area contributed by atoms with Gasteiger partial charge in [0.15, 0.2) is 11.0 Å². The summed E-state index contributed by atoms with van der Waals surface area (Å²) in [6.45, 7) is 2.04. The van der Waals surface area contributed by atoms with Crippen molar-refractivity contribution in [1.82, 2.24) is 20.1 Å². The molecule has 0 saturated carbocycles. The highest BCUT2D eigenvalue weighted by atomic mass is 32.2. The first-order valence-corrected chi connectivity index (χ1v) is 14.5. The molecule has 5 rings (SSSR count). The van der Waals surface area contributed by atoms with E-state index in [0.29, 0.717) is 40.3 Å². The van der Waals surface area contributed by atoms with Crippen molar-refractivity contribution in [3.05, 3.63) is 136 Å². The van der Waals surface area contributed by atoms with Crippen molar-refractivity contribution in [2.24, 2.45) is 0 Å². The van der Waals surface area contributed by atoms with Crippen LogP contribution in [0.4, 0.5) is 16.2 Å². The Kier molecular flexibility index (Phi) is 9.33. The van der Waals surface area contributed by atoms with Crippen LogP contribution in [0.1, 0.15) is 28.6 Å². The molecule has 1 unspecified atom stereocenters. The molecule has 0 aliphatic heterocycles. The van der Waals surface area contributed by atoms with Crippen LogP contribution in [0.25, 0.3) is 5.69 Å². The van der Waals surface area contributed by atoms with Gasteiger partial charge in [0.1, 0.15) is 5.75 Å². The highest BCUT2D eigenvalue weighted by molar-refractivity contribution is 7.98. The lowest BCUT2D eigenvalue weighted by atomic mass is 10.1. The molecule has 0 bridgehead atoms. The van der Waals surface area contributed by atoms with Gasteiger partial charge in [0.05, 0.1) is 18.1 Å². The third kappa shape index (κ3) is 7.57. The Morgan fingerprint density at radius 2 is 1.67 bits per heavy atom. The van der Waals surface area contributed by atoms with Crippen LogP contribution in [-0.4, -0.2) is 32.8 Å². The van der Waals surface area contributed by atoms with E-state index < -0.39 is 17.0 Å². The number of hydrogen-bond acceptors (Lipinski definition) is 7. The van der Waals surface area contributed by atoms with Gasteiger partial charge in [-0.1, -0.05) is 71.9 Å². The van der Waals surface area contributed by atoms with Crippen molar-refractivity contribution in [3.8, 4) is 11.4 Å². The number of nitrogens with zero attached hydrogens (tertiary/aromatic N) is 4. The lowest BCUT2D eigenvalue weighted by Gasteiger charge is -2.20. The molecule has 0 aliphatic rings. The van der Waals surface area contributed by atoms with E-state index in [1.807, 2.05) is 54.0 Å². The molecule has 11 heteroatoms. The third-order valence-electron chi connectivity index (χ3n) is 6.68. The number of ether oxygens (including phenoxy) is 1. The van der Waals surface area contributed by atoms with E-state index in [1.54, 1.807) is 43.5 Å². The maximum Gasteiger partial charge on any atom is 0.319 e. The SMILES string of the molecule is COc1ccc(NC(=O)NC(Cc2ccccc2)c2nnc(SCc3cccc(C)c3)n2-c2ccc([N+](=O)[O-])cc2)cc1. The van der Waals surface area contributed by atoms with Gasteiger partial charge in [-0.15, -0.1) is 10.2 Å². The Morgan fingerprint density at radius 1 is 0.953 bits per heavy atom. The summed E-state index contributed by atoms with van der Waals surface area (Å²) < 4.78 is 7.06. The van der Waals surface area contributed by atoms with Gasteiger partial charge in [-0.3, -0.25) is 14.7 Å². The molecular weight excluding hydrogens is 564 g/mol. The fourth-order valence-corrected chi connectivity index (χ4v) is 5.47. The van der Waals surface area contributed by atoms with Gasteiger partial charge >= 0.3 is 6.03 Å². The zero-order valence-corrected chi connectivity index (χ0v) is 24.5. The first-order chi connectivity index (χ1) is 20.9. The number of benzene rings is 4. The molecule has 218 valence electrons. The Morgan fingerprint density at radius 3 is 2.35 bits per heavy atom. The number of urea groups is 1. The molecule has 0 aliphatic carbocycles. The van der Waals surface area contributed by atoms with Crippen molar-refractivity contribution in [3.63, 3.8) is 0 Å². The minimum Gasteiger partial charge on any atom is -0.497 e. The van der Waals surface area contributed by atoms with Gasteiger partial charge in [0, 0.05) is 35.7 Å². The zero-order chi connectivity index (χ0) is 30.2. The van der Waals surface area contributed by atoms with Crippen LogP contribution < -0.4 is 15.4 Å². The third-order valence-corrected chi connectivity index (χ3v) is 7.68. The minimum absolute atomic E-state index is 0.0230. The van der Waals surface area contributed by atoms with E-state index in [0.717, 1.165) is 16.7 Å². The molecule has 43 heavy (non-hydrogen) atoms. The highest BCUT2D eigenvalue weighted by Gasteiger charge is 2.25. The summed E-state index contributed by atoms with van der Waals surface area (Å²) in [6, 6.07) is 30.3. The van der Waals surface area contributed by atoms with Gasteiger partial charge in [0.2, 0.25) is 0 Å². The van der Waals surface area contributed by atoms with E-state index in [4.69, 9.17) is 4.74 Å². The van der Waals surface area contributed by atoms with Gasteiger partial charge in [0.25, 0.3) is 5.69 Å². The standard InChI is InChI=1S/C32H30N6O4S/c1-22-7-6-10-24(19-22)21-43-32-36-35-30(37(32)26-13-15-27(16-14-26)38(40)41)29(20-23-8-4-3-5-9-23)34-31(39)33-25-11-17-28(42-2)18-12-25/h3-19,29H,20-21H2,1-2H3,(H2,33,34,39). The Bertz CT molecular complexity index is 1690. The molecule has 1 atom stereocenters. The molecule has 1 heterocycles. The van der Waals surface area contributed by atoms with Gasteiger partial charge < -0.3 is 15.4 Å². The average Bonchev–Trinajstić information content (AvgIpc) is 3.44. The quantitative estimate of drug-likeness (QED) is 0.0969. The van der Waals surface area contributed by atoms with Gasteiger partial charge in [-0.05, 0) is 54.4 Å². The van der Waals surface area contributed by atoms with E-state index in [-0.39, 0.29) is 5.69 Å². The number of carbonyl (C=O) groups is 1. The van der Waals surface area contributed by atoms with Gasteiger partial charge in [-0.2, -0.15) is 0 Å². The number of hydrogen-bond donors (Lipinski definition) is 2. The van der Waals surface area contributed by atoms with Crippen molar-refractivity contribution < 1.29 is 14.5 Å². The summed E-state index contributed by atoms with van der Waals surface area (Å²) in [6.07, 6.45) is 0.435. The van der Waals surface area contributed by atoms with Crippen LogP contribution in [0.2, 0.25) is 0 Å². The van der Waals surface area contributed by atoms with Crippen LogP contribution in [-0.2, 0) is 12.2 Å². The molecule has 0 saturated heterocycles. The maximum atomic E-state index is 13.3. The second kappa shape index (κ2) is 13.7. The summed E-state index contributed by atoms with van der Waals surface area (Å²) in [7, 11) is 1.58. The molecule has 4 aromatic carbocycles. The Hall–Kier alpha value is -5.16. The van der Waals surface area contributed by atoms with Crippen LogP contribution >= 0.6 is 11.8 Å². The number of nitro groups is 1. The van der Waals surface area contributed by atoms with Crippen molar-refractivity contribution in [1.29, 1.82) is 0 Å². The topological polar surface area (TPSA) is 124 Å². The number of aryl methyl sites for hydroxylation is 1. The first-order valence-electron chi connectivity index (χ1n) is 13.5. The van der Waals surface area contributed by atoms with Crippen molar-refractivity contribution >= 4 is 29.2 Å². The number of methoxy groups -OCH3 is 1. The molecule has 0 spiro atoms. The van der Waals surface area contributed by atoms with E-state index in [2.05, 4.69) is 33.0 Å². The summed E-state index contributed by atoms with van der Waals surface area (Å²) in [5.41, 5.74) is 4.50. The molecule has 10 nitrogen and oxygen atoms in total. The Balaban J connectivity index is 1.50. The number of nitro benzene ring substituents is 1. The molecular formula is C32H30N6O4S. The number of rotatable bonds is 11. The number of anilines is 1. The fourth-order valence-electron chi connectivity index (χ4n) is 4.57. The largest absolute Gasteiger partial charge is 0.497 e. The molecule has 0 radical (unpaired) electrons. The van der Waals surface area contributed by atoms with Crippen LogP contribution in [0.3, 0.4) is 0 Å². The average molecular weight is 595 g/mol. The highest BCUT2D eigenvalue weighted by Crippen LogP contribution is 2.30. The lowest BCUT2D eigenvalue weighted by Crippen LogP contribution is -2.35. The number of aromatic nitrogens is 3. The van der Waals surface area contributed by atoms with E-state index in [9.17, 15) is 14.9 Å². The van der Waals surface area contributed by atoms with Crippen LogP contribution in [0, 0.1) is 17.0 Å². The second-order valence-electron chi connectivity index (χ2n) is 9.80. The predicted molar refractivity (Wildman–Crippen MR) is 167 cm³/mol. The number of nitrogens with one attached hydrogen (secondary N) is 2. The molecule has 2 N–H and O–H groups in total. The molecule has 2 amide bonds. The summed E-state index contributed by atoms with van der Waals surface area (Å²) >= 11 is 1.50. The first kappa shape index (κ1) is 29.3. The predicted octanol–water partition coefficient (Wildman–Crippen LogP) is 6.89. The summed E-state index contributed by atoms with van der Waals surface area (Å²) in [5.74, 6) is 1.82. The number of carbonyl (C=O) groups excluding carboxylic acids is 1. The second-order valence-corrected chi connectivity index (χ2v) is 10.7.